The van der Waals surface area contributed by atoms with Crippen LogP contribution in [0.15, 0.2) is 22.7 Å². The molecule has 0 aromatic heterocycles. The summed E-state index contributed by atoms with van der Waals surface area (Å²) in [5.74, 6) is -1.77. The van der Waals surface area contributed by atoms with Crippen molar-refractivity contribution in [2.24, 2.45) is 0 Å². The highest BCUT2D eigenvalue weighted by atomic mass is 79.9. The normalized spacial score (nSPS) is 9.79. The first-order chi connectivity index (χ1) is 8.88. The molecule has 0 aliphatic rings. The highest BCUT2D eigenvalue weighted by Crippen LogP contribution is 2.25. The summed E-state index contributed by atoms with van der Waals surface area (Å²) in [6.07, 6.45) is -0.598. The van der Waals surface area contributed by atoms with Gasteiger partial charge in [0.2, 0.25) is 5.91 Å². The zero-order valence-electron chi connectivity index (χ0n) is 9.57. The molecule has 0 bridgehead atoms. The van der Waals surface area contributed by atoms with Crippen molar-refractivity contribution in [1.82, 2.24) is 5.32 Å². The number of aliphatic carboxylic acids is 1. The van der Waals surface area contributed by atoms with Gasteiger partial charge in [-0.05, 0) is 34.1 Å². The van der Waals surface area contributed by atoms with E-state index in [0.29, 0.717) is 15.2 Å². The van der Waals surface area contributed by atoms with Gasteiger partial charge in [-0.2, -0.15) is 0 Å². The number of carboxylic acid groups (broad SMARTS) is 1. The number of carboxylic acids is 1. The van der Waals surface area contributed by atoms with Gasteiger partial charge in [0, 0.05) is 15.9 Å². The van der Waals surface area contributed by atoms with Crippen molar-refractivity contribution in [2.45, 2.75) is 12.8 Å². The van der Waals surface area contributed by atoms with Crippen molar-refractivity contribution in [3.8, 4) is 0 Å². The van der Waals surface area contributed by atoms with Crippen LogP contribution in [0.25, 0.3) is 0 Å². The molecule has 102 valence electrons. The minimum Gasteiger partial charge on any atom is -0.481 e. The van der Waals surface area contributed by atoms with E-state index in [0.717, 1.165) is 0 Å². The van der Waals surface area contributed by atoms with Crippen LogP contribution < -0.4 is 10.6 Å². The number of halogens is 2. The first-order valence-electron chi connectivity index (χ1n) is 5.16. The molecule has 3 amide bonds. The molecule has 3 N–H and O–H groups in total. The first kappa shape index (κ1) is 15.5. The van der Waals surface area contributed by atoms with E-state index < -0.39 is 17.9 Å². The van der Waals surface area contributed by atoms with Gasteiger partial charge in [0.05, 0.1) is 12.1 Å². The minimum absolute atomic E-state index is 0.264. The molecule has 0 aliphatic carbocycles. The van der Waals surface area contributed by atoms with E-state index in [1.54, 1.807) is 12.1 Å². The summed E-state index contributed by atoms with van der Waals surface area (Å²) in [6.45, 7) is 0. The third-order valence-corrected chi connectivity index (χ3v) is 2.92. The Balaban J connectivity index is 2.53. The molecule has 1 aromatic carbocycles. The van der Waals surface area contributed by atoms with E-state index in [-0.39, 0.29) is 12.8 Å². The quantitative estimate of drug-likeness (QED) is 0.778. The molecule has 0 saturated heterocycles. The Kier molecular flexibility index (Phi) is 5.78. The second-order valence-corrected chi connectivity index (χ2v) is 4.81. The zero-order valence-corrected chi connectivity index (χ0v) is 11.9. The van der Waals surface area contributed by atoms with Crippen LogP contribution in [0.1, 0.15) is 12.8 Å². The third-order valence-electron chi connectivity index (χ3n) is 2.00. The molecule has 6 nitrogen and oxygen atoms in total. The summed E-state index contributed by atoms with van der Waals surface area (Å²) in [5.41, 5.74) is 0.399. The Morgan fingerprint density at radius 1 is 1.26 bits per heavy atom. The van der Waals surface area contributed by atoms with Crippen molar-refractivity contribution >= 4 is 51.1 Å². The molecule has 0 atom stereocenters. The first-order valence-corrected chi connectivity index (χ1v) is 6.33. The van der Waals surface area contributed by atoms with Crippen LogP contribution in [0, 0.1) is 0 Å². The number of hydrogen-bond donors (Lipinski definition) is 3. The van der Waals surface area contributed by atoms with E-state index >= 15 is 0 Å². The molecular formula is C11H10BrClN2O4. The lowest BCUT2D eigenvalue weighted by molar-refractivity contribution is -0.138. The fourth-order valence-electron chi connectivity index (χ4n) is 1.16. The van der Waals surface area contributed by atoms with E-state index in [1.165, 1.54) is 6.07 Å². The van der Waals surface area contributed by atoms with Gasteiger partial charge in [-0.25, -0.2) is 4.79 Å². The molecule has 0 fully saturated rings. The van der Waals surface area contributed by atoms with Crippen LogP contribution in [-0.4, -0.2) is 23.0 Å². The lowest BCUT2D eigenvalue weighted by Gasteiger charge is -2.08. The summed E-state index contributed by atoms with van der Waals surface area (Å²) < 4.78 is 0.602. The number of carbonyl (C=O) groups excluding carboxylic acids is 2. The van der Waals surface area contributed by atoms with Crippen LogP contribution in [0.4, 0.5) is 10.5 Å². The fourth-order valence-corrected chi connectivity index (χ4v) is 1.67. The Morgan fingerprint density at radius 2 is 1.95 bits per heavy atom. The maximum absolute atomic E-state index is 11.5. The number of hydrogen-bond acceptors (Lipinski definition) is 3. The van der Waals surface area contributed by atoms with Crippen LogP contribution in [0.5, 0.6) is 0 Å². The smallest absolute Gasteiger partial charge is 0.325 e. The highest BCUT2D eigenvalue weighted by molar-refractivity contribution is 9.10. The number of anilines is 1. The lowest BCUT2D eigenvalue weighted by Crippen LogP contribution is -2.34. The summed E-state index contributed by atoms with van der Waals surface area (Å²) in [6, 6.07) is 4.03. The largest absolute Gasteiger partial charge is 0.481 e. The van der Waals surface area contributed by atoms with Gasteiger partial charge in [-0.15, -0.1) is 0 Å². The van der Waals surface area contributed by atoms with Crippen LogP contribution in [0.2, 0.25) is 5.02 Å². The number of carbonyl (C=O) groups is 3. The number of amides is 3. The number of urea groups is 1. The average Bonchev–Trinajstić information content (AvgIpc) is 2.31. The summed E-state index contributed by atoms with van der Waals surface area (Å²) in [7, 11) is 0. The number of imide groups is 1. The highest BCUT2D eigenvalue weighted by Gasteiger charge is 2.11. The van der Waals surface area contributed by atoms with Crippen molar-refractivity contribution in [2.75, 3.05) is 5.32 Å². The minimum atomic E-state index is -1.10. The second-order valence-electron chi connectivity index (χ2n) is 3.52. The van der Waals surface area contributed by atoms with Gasteiger partial charge in [-0.1, -0.05) is 11.6 Å². The van der Waals surface area contributed by atoms with Crippen LogP contribution in [-0.2, 0) is 9.59 Å². The SMILES string of the molecule is O=C(O)CCC(=O)NC(=O)Nc1cc(Cl)ccc1Br. The topological polar surface area (TPSA) is 95.5 Å². The van der Waals surface area contributed by atoms with E-state index in [1.807, 2.05) is 5.32 Å². The van der Waals surface area contributed by atoms with Gasteiger partial charge in [0.1, 0.15) is 0 Å². The summed E-state index contributed by atoms with van der Waals surface area (Å²) in [5, 5.41) is 13.3. The Labute approximate surface area is 122 Å². The standard InChI is InChI=1S/C11H10BrClN2O4/c12-7-2-1-6(13)5-8(7)14-11(19)15-9(16)3-4-10(17)18/h1-2,5H,3-4H2,(H,17,18)(H2,14,15,16,19). The Hall–Kier alpha value is -1.60. The second kappa shape index (κ2) is 7.10. The van der Waals surface area contributed by atoms with Gasteiger partial charge < -0.3 is 10.4 Å². The van der Waals surface area contributed by atoms with Gasteiger partial charge >= 0.3 is 12.0 Å². The molecule has 1 aromatic rings. The molecule has 0 aliphatic heterocycles. The van der Waals surface area contributed by atoms with Crippen molar-refractivity contribution in [3.63, 3.8) is 0 Å². The van der Waals surface area contributed by atoms with Crippen molar-refractivity contribution < 1.29 is 19.5 Å². The van der Waals surface area contributed by atoms with Gasteiger partial charge in [0.15, 0.2) is 0 Å². The molecular weight excluding hydrogens is 339 g/mol. The predicted molar refractivity (Wildman–Crippen MR) is 73.2 cm³/mol. The average molecular weight is 350 g/mol. The fraction of sp³-hybridized carbons (Fsp3) is 0.182. The van der Waals surface area contributed by atoms with Crippen LogP contribution >= 0.6 is 27.5 Å². The Morgan fingerprint density at radius 3 is 2.58 bits per heavy atom. The van der Waals surface area contributed by atoms with Gasteiger partial charge in [-0.3, -0.25) is 14.9 Å². The summed E-state index contributed by atoms with van der Waals surface area (Å²) >= 11 is 8.98. The number of nitrogens with one attached hydrogen (secondary N) is 2. The number of benzene rings is 1. The van der Waals surface area contributed by atoms with Gasteiger partial charge in [0.25, 0.3) is 0 Å². The third kappa shape index (κ3) is 5.71. The predicted octanol–water partition coefficient (Wildman–Crippen LogP) is 2.62. The monoisotopic (exact) mass is 348 g/mol. The maximum atomic E-state index is 11.5. The molecule has 19 heavy (non-hydrogen) atoms. The molecule has 0 radical (unpaired) electrons. The molecule has 0 saturated carbocycles. The van der Waals surface area contributed by atoms with E-state index in [2.05, 4.69) is 21.2 Å². The van der Waals surface area contributed by atoms with Crippen molar-refractivity contribution in [3.05, 3.63) is 27.7 Å². The lowest BCUT2D eigenvalue weighted by atomic mass is 10.3. The van der Waals surface area contributed by atoms with Crippen LogP contribution in [0.3, 0.4) is 0 Å². The number of rotatable bonds is 4. The van der Waals surface area contributed by atoms with Crippen molar-refractivity contribution in [1.29, 1.82) is 0 Å². The molecule has 0 heterocycles. The Bertz CT molecular complexity index is 521. The molecule has 0 spiro atoms. The zero-order chi connectivity index (χ0) is 14.4. The molecule has 0 unspecified atom stereocenters. The molecule has 8 heteroatoms. The molecule has 1 rings (SSSR count). The van der Waals surface area contributed by atoms with E-state index in [9.17, 15) is 14.4 Å². The summed E-state index contributed by atoms with van der Waals surface area (Å²) in [4.78, 5) is 33.0. The van der Waals surface area contributed by atoms with E-state index in [4.69, 9.17) is 16.7 Å². The maximum Gasteiger partial charge on any atom is 0.325 e.